The quantitative estimate of drug-likeness (QED) is 0.417. The maximum absolute atomic E-state index is 12.0. The summed E-state index contributed by atoms with van der Waals surface area (Å²) in [5.74, 6) is 0.403. The van der Waals surface area contributed by atoms with Gasteiger partial charge in [-0.3, -0.25) is 9.59 Å². The van der Waals surface area contributed by atoms with Crippen molar-refractivity contribution in [3.05, 3.63) is 66.2 Å². The number of nitrogens with zero attached hydrogens (tertiary/aromatic N) is 1. The molecule has 0 fully saturated rings. The molecule has 8 nitrogen and oxygen atoms in total. The maximum Gasteiger partial charge on any atom is 0.277 e. The van der Waals surface area contributed by atoms with E-state index in [9.17, 15) is 9.59 Å². The van der Waals surface area contributed by atoms with Crippen molar-refractivity contribution in [3.63, 3.8) is 0 Å². The van der Waals surface area contributed by atoms with Gasteiger partial charge in [0, 0.05) is 0 Å². The minimum absolute atomic E-state index is 0.168. The van der Waals surface area contributed by atoms with Crippen LogP contribution in [0.25, 0.3) is 10.8 Å². The van der Waals surface area contributed by atoms with Crippen LogP contribution in [0.1, 0.15) is 5.56 Å². The number of nitrogens with two attached hydrogens (primary N) is 1. The molecule has 0 radical (unpaired) electrons. The second kappa shape index (κ2) is 9.92. The fraction of sp³-hybridized carbons (Fsp3) is 0.136. The summed E-state index contributed by atoms with van der Waals surface area (Å²) in [5, 5.41) is 6.04. The van der Waals surface area contributed by atoms with Crippen LogP contribution in [0.3, 0.4) is 0 Å². The van der Waals surface area contributed by atoms with Gasteiger partial charge in [0.2, 0.25) is 0 Å². The van der Waals surface area contributed by atoms with Crippen molar-refractivity contribution < 1.29 is 23.8 Å². The molecule has 0 aliphatic carbocycles. The molecule has 2 amide bonds. The Morgan fingerprint density at radius 2 is 1.77 bits per heavy atom. The zero-order valence-electron chi connectivity index (χ0n) is 16.3. The van der Waals surface area contributed by atoms with Crippen LogP contribution in [0.15, 0.2) is 65.8 Å². The lowest BCUT2D eigenvalue weighted by atomic mass is 10.1. The number of hydrogen-bond acceptors (Lipinski definition) is 6. The molecule has 0 saturated carbocycles. The van der Waals surface area contributed by atoms with Gasteiger partial charge in [0.15, 0.2) is 24.7 Å². The molecule has 3 N–H and O–H groups in total. The Hall–Kier alpha value is -4.07. The molecule has 0 atom stereocenters. The third kappa shape index (κ3) is 5.71. The molecule has 30 heavy (non-hydrogen) atoms. The van der Waals surface area contributed by atoms with Crippen LogP contribution in [-0.2, 0) is 9.59 Å². The number of ether oxygens (including phenoxy) is 3. The summed E-state index contributed by atoms with van der Waals surface area (Å²) in [4.78, 5) is 22.8. The Labute approximate surface area is 173 Å². The molecule has 0 spiro atoms. The molecule has 0 saturated heterocycles. The topological polar surface area (TPSA) is 112 Å². The van der Waals surface area contributed by atoms with Crippen LogP contribution >= 0.6 is 0 Å². The van der Waals surface area contributed by atoms with Crippen LogP contribution in [-0.4, -0.2) is 38.4 Å². The average molecular weight is 407 g/mol. The smallest absolute Gasteiger partial charge is 0.277 e. The third-order valence-corrected chi connectivity index (χ3v) is 4.05. The van der Waals surface area contributed by atoms with E-state index in [1.54, 1.807) is 18.2 Å². The number of primary amides is 1. The van der Waals surface area contributed by atoms with E-state index in [1.165, 1.54) is 13.3 Å². The summed E-state index contributed by atoms with van der Waals surface area (Å²) >= 11 is 0. The van der Waals surface area contributed by atoms with Gasteiger partial charge in [0.05, 0.1) is 13.3 Å². The molecule has 3 rings (SSSR count). The van der Waals surface area contributed by atoms with Gasteiger partial charge in [-0.25, -0.2) is 5.43 Å². The minimum atomic E-state index is -0.587. The van der Waals surface area contributed by atoms with E-state index in [0.29, 0.717) is 22.8 Å². The highest BCUT2D eigenvalue weighted by molar-refractivity contribution is 5.85. The monoisotopic (exact) mass is 407 g/mol. The van der Waals surface area contributed by atoms with E-state index in [4.69, 9.17) is 19.9 Å². The first kappa shape index (κ1) is 20.7. The molecule has 8 heteroatoms. The van der Waals surface area contributed by atoms with Crippen molar-refractivity contribution in [1.82, 2.24) is 5.43 Å². The van der Waals surface area contributed by atoms with Crippen molar-refractivity contribution in [1.29, 1.82) is 0 Å². The summed E-state index contributed by atoms with van der Waals surface area (Å²) in [6, 6.07) is 18.5. The lowest BCUT2D eigenvalue weighted by Crippen LogP contribution is -2.24. The molecule has 0 heterocycles. The highest BCUT2D eigenvalue weighted by Crippen LogP contribution is 2.27. The Morgan fingerprint density at radius 3 is 2.53 bits per heavy atom. The fourth-order valence-corrected chi connectivity index (χ4v) is 2.65. The van der Waals surface area contributed by atoms with E-state index in [0.717, 1.165) is 10.8 Å². The maximum atomic E-state index is 12.0. The molecular weight excluding hydrogens is 386 g/mol. The standard InChI is InChI=1S/C22H21N3O5/c1-28-20-10-15(6-9-19(20)30-13-21(23)26)12-24-25-22(27)14-29-18-8-7-16-4-2-3-5-17(16)11-18/h2-12H,13-14H2,1H3,(H2,23,26)(H,25,27)/b24-12-. The number of hydrazone groups is 1. The van der Waals surface area contributed by atoms with E-state index in [-0.39, 0.29) is 13.2 Å². The number of hydrogen-bond donors (Lipinski definition) is 2. The zero-order valence-corrected chi connectivity index (χ0v) is 16.3. The molecular formula is C22H21N3O5. The highest BCUT2D eigenvalue weighted by Gasteiger charge is 2.07. The van der Waals surface area contributed by atoms with Crippen molar-refractivity contribution in [3.8, 4) is 17.2 Å². The largest absolute Gasteiger partial charge is 0.493 e. The lowest BCUT2D eigenvalue weighted by Gasteiger charge is -2.09. The van der Waals surface area contributed by atoms with Gasteiger partial charge >= 0.3 is 0 Å². The van der Waals surface area contributed by atoms with Crippen LogP contribution in [0, 0.1) is 0 Å². The van der Waals surface area contributed by atoms with Crippen molar-refractivity contribution >= 4 is 28.8 Å². The predicted octanol–water partition coefficient (Wildman–Crippen LogP) is 2.24. The number of methoxy groups -OCH3 is 1. The van der Waals surface area contributed by atoms with Gasteiger partial charge < -0.3 is 19.9 Å². The molecule has 3 aromatic rings. The van der Waals surface area contributed by atoms with Gasteiger partial charge in [-0.2, -0.15) is 5.10 Å². The molecule has 0 aliphatic heterocycles. The fourth-order valence-electron chi connectivity index (χ4n) is 2.65. The van der Waals surface area contributed by atoms with Gasteiger partial charge in [0.1, 0.15) is 5.75 Å². The number of carbonyl (C=O) groups is 2. The van der Waals surface area contributed by atoms with Crippen LogP contribution in [0.2, 0.25) is 0 Å². The molecule has 3 aromatic carbocycles. The third-order valence-electron chi connectivity index (χ3n) is 4.05. The first-order chi connectivity index (χ1) is 14.5. The minimum Gasteiger partial charge on any atom is -0.493 e. The van der Waals surface area contributed by atoms with E-state index >= 15 is 0 Å². The highest BCUT2D eigenvalue weighted by atomic mass is 16.5. The summed E-state index contributed by atoms with van der Waals surface area (Å²) in [7, 11) is 1.47. The molecule has 0 aliphatic rings. The summed E-state index contributed by atoms with van der Waals surface area (Å²) in [6.07, 6.45) is 1.45. The Bertz CT molecular complexity index is 1080. The van der Waals surface area contributed by atoms with E-state index < -0.39 is 11.8 Å². The van der Waals surface area contributed by atoms with E-state index in [1.807, 2.05) is 42.5 Å². The Morgan fingerprint density at radius 1 is 0.967 bits per heavy atom. The predicted molar refractivity (Wildman–Crippen MR) is 113 cm³/mol. The average Bonchev–Trinajstić information content (AvgIpc) is 2.76. The first-order valence-corrected chi connectivity index (χ1v) is 9.08. The second-order valence-corrected chi connectivity index (χ2v) is 6.26. The van der Waals surface area contributed by atoms with Gasteiger partial charge in [-0.15, -0.1) is 0 Å². The normalized spacial score (nSPS) is 10.7. The zero-order chi connectivity index (χ0) is 21.3. The Kier molecular flexibility index (Phi) is 6.83. The van der Waals surface area contributed by atoms with Gasteiger partial charge in [-0.05, 0) is 46.7 Å². The van der Waals surface area contributed by atoms with E-state index in [2.05, 4.69) is 10.5 Å². The SMILES string of the molecule is COc1cc(/C=N\NC(=O)COc2ccc3ccccc3c2)ccc1OCC(N)=O. The van der Waals surface area contributed by atoms with Crippen molar-refractivity contribution in [2.45, 2.75) is 0 Å². The molecule has 0 aromatic heterocycles. The van der Waals surface area contributed by atoms with Gasteiger partial charge in [-0.1, -0.05) is 30.3 Å². The van der Waals surface area contributed by atoms with Crippen LogP contribution in [0.5, 0.6) is 17.2 Å². The number of carbonyl (C=O) groups excluding carboxylic acids is 2. The number of benzene rings is 3. The number of nitrogens with one attached hydrogen (secondary N) is 1. The van der Waals surface area contributed by atoms with Crippen LogP contribution in [0.4, 0.5) is 0 Å². The summed E-state index contributed by atoms with van der Waals surface area (Å²) in [5.41, 5.74) is 8.13. The van der Waals surface area contributed by atoms with Crippen molar-refractivity contribution in [2.24, 2.45) is 10.8 Å². The van der Waals surface area contributed by atoms with Crippen LogP contribution < -0.4 is 25.4 Å². The molecule has 0 bridgehead atoms. The molecule has 154 valence electrons. The number of amides is 2. The summed E-state index contributed by atoms with van der Waals surface area (Å²) in [6.45, 7) is -0.421. The summed E-state index contributed by atoms with van der Waals surface area (Å²) < 4.78 is 16.0. The first-order valence-electron chi connectivity index (χ1n) is 9.08. The molecule has 0 unspecified atom stereocenters. The Balaban J connectivity index is 1.52. The van der Waals surface area contributed by atoms with Crippen molar-refractivity contribution in [2.75, 3.05) is 20.3 Å². The number of fused-ring (bicyclic) bond motifs is 1. The number of rotatable bonds is 9. The lowest BCUT2D eigenvalue weighted by molar-refractivity contribution is -0.123. The second-order valence-electron chi connectivity index (χ2n) is 6.26. The van der Waals surface area contributed by atoms with Gasteiger partial charge in [0.25, 0.3) is 11.8 Å².